The highest BCUT2D eigenvalue weighted by molar-refractivity contribution is 7.71. The average molecular weight is 456 g/mol. The Labute approximate surface area is 197 Å². The van der Waals surface area contributed by atoms with Crippen LogP contribution in [0, 0.1) is 4.77 Å². The number of para-hydroxylation sites is 2. The summed E-state index contributed by atoms with van der Waals surface area (Å²) in [4.78, 5) is 24.8. The number of carbonyl (C=O) groups is 1. The average Bonchev–Trinajstić information content (AvgIpc) is 2.88. The van der Waals surface area contributed by atoms with Gasteiger partial charge in [-0.05, 0) is 54.2 Å². The lowest BCUT2D eigenvalue weighted by Crippen LogP contribution is -2.48. The molecule has 3 aromatic carbocycles. The lowest BCUT2D eigenvalue weighted by molar-refractivity contribution is 0.0747. The molecule has 2 heterocycles. The van der Waals surface area contributed by atoms with E-state index in [0.717, 1.165) is 54.0 Å². The number of nitrogens with one attached hydrogen (secondary N) is 2. The first-order valence-corrected chi connectivity index (χ1v) is 11.5. The van der Waals surface area contributed by atoms with E-state index < -0.39 is 0 Å². The van der Waals surface area contributed by atoms with E-state index in [2.05, 4.69) is 32.3 Å². The molecule has 0 spiro atoms. The molecule has 1 amide bonds. The number of anilines is 2. The molecule has 4 aromatic rings. The maximum absolute atomic E-state index is 13.0. The van der Waals surface area contributed by atoms with Gasteiger partial charge >= 0.3 is 0 Å². The zero-order valence-corrected chi connectivity index (χ0v) is 19.0. The maximum Gasteiger partial charge on any atom is 0.253 e. The molecule has 6 nitrogen and oxygen atoms in total. The summed E-state index contributed by atoms with van der Waals surface area (Å²) in [6, 6.07) is 26.1. The van der Waals surface area contributed by atoms with E-state index in [9.17, 15) is 4.79 Å². The highest BCUT2D eigenvalue weighted by Gasteiger charge is 2.22. The molecule has 166 valence electrons. The molecule has 5 rings (SSSR count). The first-order valence-electron chi connectivity index (χ1n) is 11.1. The van der Waals surface area contributed by atoms with Crippen LogP contribution in [0.5, 0.6) is 0 Å². The van der Waals surface area contributed by atoms with Crippen LogP contribution in [0.3, 0.4) is 0 Å². The Morgan fingerprint density at radius 2 is 1.61 bits per heavy atom. The SMILES string of the molecule is O=C(c1ccc(CNc2nc(=S)[nH]c3ccccc23)cc1)N1CCN(c2ccccc2)CC1. The smallest absolute Gasteiger partial charge is 0.253 e. The molecule has 0 radical (unpaired) electrons. The van der Waals surface area contributed by atoms with E-state index in [0.29, 0.717) is 11.3 Å². The van der Waals surface area contributed by atoms with Crippen LogP contribution in [0.2, 0.25) is 0 Å². The van der Waals surface area contributed by atoms with Crippen molar-refractivity contribution in [1.29, 1.82) is 0 Å². The molecule has 7 heteroatoms. The van der Waals surface area contributed by atoms with Gasteiger partial charge in [-0.25, -0.2) is 4.98 Å². The van der Waals surface area contributed by atoms with E-state index >= 15 is 0 Å². The first-order chi connectivity index (χ1) is 16.2. The van der Waals surface area contributed by atoms with Gasteiger partial charge in [0.2, 0.25) is 0 Å². The van der Waals surface area contributed by atoms with Crippen molar-refractivity contribution in [1.82, 2.24) is 14.9 Å². The summed E-state index contributed by atoms with van der Waals surface area (Å²) in [5.41, 5.74) is 3.96. The van der Waals surface area contributed by atoms with Gasteiger partial charge in [0.15, 0.2) is 4.77 Å². The minimum absolute atomic E-state index is 0.0872. The first kappa shape index (κ1) is 21.2. The van der Waals surface area contributed by atoms with E-state index in [1.165, 1.54) is 5.69 Å². The molecule has 1 aromatic heterocycles. The van der Waals surface area contributed by atoms with Crippen LogP contribution < -0.4 is 10.2 Å². The molecular formula is C26H25N5OS. The van der Waals surface area contributed by atoms with Gasteiger partial charge in [-0.15, -0.1) is 0 Å². The van der Waals surface area contributed by atoms with Gasteiger partial charge in [-0.2, -0.15) is 0 Å². The van der Waals surface area contributed by atoms with Crippen LogP contribution in [0.1, 0.15) is 15.9 Å². The second kappa shape index (κ2) is 9.42. The summed E-state index contributed by atoms with van der Waals surface area (Å²) in [5.74, 6) is 0.843. The highest BCUT2D eigenvalue weighted by atomic mass is 32.1. The predicted octanol–water partition coefficient (Wildman–Crippen LogP) is 4.87. The monoisotopic (exact) mass is 455 g/mol. The highest BCUT2D eigenvalue weighted by Crippen LogP contribution is 2.20. The number of amides is 1. The van der Waals surface area contributed by atoms with E-state index in [1.807, 2.05) is 71.6 Å². The molecule has 1 fully saturated rings. The number of hydrogen-bond acceptors (Lipinski definition) is 5. The van der Waals surface area contributed by atoms with Crippen molar-refractivity contribution in [3.63, 3.8) is 0 Å². The quantitative estimate of drug-likeness (QED) is 0.421. The normalized spacial score (nSPS) is 13.8. The van der Waals surface area contributed by atoms with Gasteiger partial charge in [0.1, 0.15) is 5.82 Å². The number of aromatic amines is 1. The molecular weight excluding hydrogens is 430 g/mol. The fraction of sp³-hybridized carbons (Fsp3) is 0.192. The zero-order valence-electron chi connectivity index (χ0n) is 18.2. The van der Waals surface area contributed by atoms with Crippen molar-refractivity contribution in [2.45, 2.75) is 6.54 Å². The third-order valence-electron chi connectivity index (χ3n) is 5.99. The van der Waals surface area contributed by atoms with E-state index in [1.54, 1.807) is 0 Å². The summed E-state index contributed by atoms with van der Waals surface area (Å²) >= 11 is 5.25. The summed E-state index contributed by atoms with van der Waals surface area (Å²) in [6.07, 6.45) is 0. The van der Waals surface area contributed by atoms with Crippen LogP contribution in [0.15, 0.2) is 78.9 Å². The largest absolute Gasteiger partial charge is 0.368 e. The zero-order chi connectivity index (χ0) is 22.6. The summed E-state index contributed by atoms with van der Waals surface area (Å²) in [6.45, 7) is 3.74. The van der Waals surface area contributed by atoms with Gasteiger partial charge in [-0.1, -0.05) is 42.5 Å². The molecule has 33 heavy (non-hydrogen) atoms. The lowest BCUT2D eigenvalue weighted by Gasteiger charge is -2.36. The van der Waals surface area contributed by atoms with Crippen molar-refractivity contribution < 1.29 is 4.79 Å². The number of aromatic nitrogens is 2. The predicted molar refractivity (Wildman–Crippen MR) is 135 cm³/mol. The molecule has 0 atom stereocenters. The second-order valence-electron chi connectivity index (χ2n) is 8.10. The molecule has 0 saturated carbocycles. The Morgan fingerprint density at radius 3 is 2.36 bits per heavy atom. The minimum atomic E-state index is 0.0872. The third-order valence-corrected chi connectivity index (χ3v) is 6.18. The van der Waals surface area contributed by atoms with Crippen molar-refractivity contribution in [2.24, 2.45) is 0 Å². The maximum atomic E-state index is 13.0. The molecule has 1 saturated heterocycles. The minimum Gasteiger partial charge on any atom is -0.368 e. The Balaban J connectivity index is 1.21. The fourth-order valence-electron chi connectivity index (χ4n) is 4.18. The Morgan fingerprint density at radius 1 is 0.909 bits per heavy atom. The van der Waals surface area contributed by atoms with Gasteiger partial charge in [-0.3, -0.25) is 4.79 Å². The number of benzene rings is 3. The molecule has 2 N–H and O–H groups in total. The number of fused-ring (bicyclic) bond motifs is 1. The fourth-order valence-corrected chi connectivity index (χ4v) is 4.38. The number of nitrogens with zero attached hydrogens (tertiary/aromatic N) is 3. The number of carbonyl (C=O) groups excluding carboxylic acids is 1. The third kappa shape index (κ3) is 4.73. The Kier molecular flexibility index (Phi) is 6.04. The Hall–Kier alpha value is -3.71. The van der Waals surface area contributed by atoms with Crippen molar-refractivity contribution in [2.75, 3.05) is 36.4 Å². The van der Waals surface area contributed by atoms with Gasteiger partial charge in [0.05, 0.1) is 5.52 Å². The van der Waals surface area contributed by atoms with Crippen LogP contribution >= 0.6 is 12.2 Å². The Bertz CT molecular complexity index is 1310. The summed E-state index contributed by atoms with van der Waals surface area (Å²) in [7, 11) is 0. The van der Waals surface area contributed by atoms with Crippen LogP contribution in [-0.2, 0) is 6.54 Å². The summed E-state index contributed by atoms with van der Waals surface area (Å²) < 4.78 is 0.449. The number of H-pyrrole nitrogens is 1. The van der Waals surface area contributed by atoms with Crippen LogP contribution in [-0.4, -0.2) is 47.0 Å². The molecule has 1 aliphatic heterocycles. The van der Waals surface area contributed by atoms with Crippen molar-refractivity contribution >= 4 is 40.5 Å². The van der Waals surface area contributed by atoms with E-state index in [4.69, 9.17) is 12.2 Å². The van der Waals surface area contributed by atoms with Gasteiger partial charge < -0.3 is 20.1 Å². The lowest BCUT2D eigenvalue weighted by atomic mass is 10.1. The van der Waals surface area contributed by atoms with Gasteiger partial charge in [0, 0.05) is 49.4 Å². The molecule has 0 aliphatic carbocycles. The molecule has 0 unspecified atom stereocenters. The number of hydrogen-bond donors (Lipinski definition) is 2. The number of piperazine rings is 1. The van der Waals surface area contributed by atoms with Crippen molar-refractivity contribution in [3.05, 3.63) is 94.8 Å². The van der Waals surface area contributed by atoms with E-state index in [-0.39, 0.29) is 5.91 Å². The molecule has 0 bridgehead atoms. The standard InChI is InChI=1S/C26H25N5OS/c32-25(31-16-14-30(15-17-31)21-6-2-1-3-7-21)20-12-10-19(11-13-20)18-27-24-22-8-4-5-9-23(22)28-26(33)29-24/h1-13H,14-18H2,(H2,27,28,29,33). The molecule has 1 aliphatic rings. The summed E-state index contributed by atoms with van der Waals surface area (Å²) in [5, 5.41) is 4.37. The number of rotatable bonds is 5. The van der Waals surface area contributed by atoms with Gasteiger partial charge in [0.25, 0.3) is 5.91 Å². The second-order valence-corrected chi connectivity index (χ2v) is 8.49. The van der Waals surface area contributed by atoms with Crippen molar-refractivity contribution in [3.8, 4) is 0 Å². The topological polar surface area (TPSA) is 64.3 Å². The van der Waals surface area contributed by atoms with Crippen LogP contribution in [0.25, 0.3) is 10.9 Å². The van der Waals surface area contributed by atoms with Crippen LogP contribution in [0.4, 0.5) is 11.5 Å².